The van der Waals surface area contributed by atoms with E-state index in [4.69, 9.17) is 0 Å². The molecule has 4 amide bonds. The number of carbonyl (C=O) groups is 4. The van der Waals surface area contributed by atoms with Crippen LogP contribution < -0.4 is 169 Å². The zero-order valence-corrected chi connectivity index (χ0v) is 54.6. The molecule has 4 N–H and O–H groups in total. The van der Waals surface area contributed by atoms with E-state index >= 15 is 0 Å². The zero-order valence-electron chi connectivity index (χ0n) is 40.5. The van der Waals surface area contributed by atoms with Gasteiger partial charge in [-0.1, -0.05) is 62.7 Å². The Bertz CT molecular complexity index is 3130. The Labute approximate surface area is 534 Å². The molecule has 0 radical (unpaired) electrons. The molecule has 0 fully saturated rings. The van der Waals surface area contributed by atoms with Crippen LogP contribution in [0.25, 0.3) is 10.8 Å². The Morgan fingerprint density at radius 2 is 0.973 bits per heavy atom. The molecule has 0 aliphatic rings. The standard InChI is InChI=1S/C13H11NO7S2.C11H13NO4S.C9H9NO4S.C7H13NO4S.5Na/c1-2-13(15)14-9-3-4-11-8(5-9)6-10(22(16,17)18)7-12(11)23(19,20)21;1-2-11(13)12-10(8-17(14,15)16)9-6-4-3-5-7-9;1-2-9(11)10-7-3-5-8(6-4-7)15(12,13)14;1-4-6(9)8-7(2,3)5-13(10,11)12;;;;;/h2-7H,1H2,(H,14,15)(H,16,17,18)(H,19,20,21);2-7,10H,1,8H2,(H,12,13)(H,14,15,16);2-6H,1H2,(H,10,11)(H,12,13,14);4H,1,5H2,2-3H3,(H,8,9)(H,10,11,12);;;;;/q;;;;5*+1/p-5. The summed E-state index contributed by atoms with van der Waals surface area (Å²) in [4.78, 5) is 42.0. The maximum absolute atomic E-state index is 11.3. The molecule has 1 unspecified atom stereocenters. The van der Waals surface area contributed by atoms with Gasteiger partial charge >= 0.3 is 148 Å². The van der Waals surface area contributed by atoms with Gasteiger partial charge in [0.2, 0.25) is 23.6 Å². The van der Waals surface area contributed by atoms with Gasteiger partial charge in [-0.3, -0.25) is 19.2 Å². The third-order valence-corrected chi connectivity index (χ3v) is 12.1. The van der Waals surface area contributed by atoms with E-state index in [0.717, 1.165) is 42.5 Å². The Morgan fingerprint density at radius 3 is 1.37 bits per heavy atom. The van der Waals surface area contributed by atoms with Crippen molar-refractivity contribution in [3.8, 4) is 0 Å². The fourth-order valence-electron chi connectivity index (χ4n) is 5.03. The van der Waals surface area contributed by atoms with Crippen LogP contribution in [0.4, 0.5) is 11.4 Å². The van der Waals surface area contributed by atoms with Crippen LogP contribution in [-0.4, -0.2) is 106 Å². The summed E-state index contributed by atoms with van der Waals surface area (Å²) in [6.07, 6.45) is 4.11. The van der Waals surface area contributed by atoms with Gasteiger partial charge < -0.3 is 44.0 Å². The summed E-state index contributed by atoms with van der Waals surface area (Å²) in [5, 5.41) is 9.47. The summed E-state index contributed by atoms with van der Waals surface area (Å²) >= 11 is 0. The smallest absolute Gasteiger partial charge is 0.748 e. The number of nitrogens with one attached hydrogen (secondary N) is 4. The average Bonchev–Trinajstić information content (AvgIpc) is 3.21. The molecule has 73 heavy (non-hydrogen) atoms. The van der Waals surface area contributed by atoms with E-state index in [0.29, 0.717) is 17.3 Å². The van der Waals surface area contributed by atoms with Crippen LogP contribution in [0, 0.1) is 0 Å². The summed E-state index contributed by atoms with van der Waals surface area (Å²) in [5.74, 6) is -3.31. The first-order valence-corrected chi connectivity index (χ1v) is 25.6. The van der Waals surface area contributed by atoms with Crippen LogP contribution in [0.3, 0.4) is 0 Å². The summed E-state index contributed by atoms with van der Waals surface area (Å²) < 4.78 is 162. The summed E-state index contributed by atoms with van der Waals surface area (Å²) in [6, 6.07) is 17.7. The first kappa shape index (κ1) is 80.4. The Balaban J connectivity index is -0.000000282. The van der Waals surface area contributed by atoms with Crippen LogP contribution in [0.15, 0.2) is 150 Å². The van der Waals surface area contributed by atoms with Crippen LogP contribution in [0.1, 0.15) is 25.5 Å². The normalized spacial score (nSPS) is 11.2. The largest absolute Gasteiger partial charge is 1.00 e. The second-order valence-corrected chi connectivity index (χ2v) is 20.8. The number of benzene rings is 4. The van der Waals surface area contributed by atoms with Crippen LogP contribution in [-0.2, 0) is 69.8 Å². The molecule has 23 nitrogen and oxygen atoms in total. The number of hydrogen-bond acceptors (Lipinski definition) is 19. The van der Waals surface area contributed by atoms with Crippen molar-refractivity contribution in [3.63, 3.8) is 0 Å². The second-order valence-electron chi connectivity index (χ2n) is 13.8. The van der Waals surface area contributed by atoms with Gasteiger partial charge in [-0.05, 0) is 103 Å². The molecular weight excluding hydrogens is 1120 g/mol. The van der Waals surface area contributed by atoms with Crippen LogP contribution in [0.5, 0.6) is 0 Å². The molecule has 0 saturated heterocycles. The predicted molar refractivity (Wildman–Crippen MR) is 241 cm³/mol. The third kappa shape index (κ3) is 33.4. The molecule has 0 saturated carbocycles. The average molecular weight is 1160 g/mol. The van der Waals surface area contributed by atoms with Gasteiger partial charge in [0.1, 0.15) is 30.4 Å². The molecule has 370 valence electrons. The Morgan fingerprint density at radius 1 is 0.534 bits per heavy atom. The van der Waals surface area contributed by atoms with E-state index in [-0.39, 0.29) is 169 Å². The quantitative estimate of drug-likeness (QED) is 0.0460. The minimum absolute atomic E-state index is 0. The SMILES string of the molecule is C=CC(=O)NC(C)(C)CS(=O)(=O)[O-].C=CC(=O)NC(CS(=O)(=O)[O-])c1ccccc1.C=CC(=O)Nc1ccc(S(=O)(=O)[O-])cc1.C=CC(=O)Nc1ccc2c(S(=O)(=O)[O-])cc(S(=O)(=O)[O-])cc2c1.[Na+].[Na+].[Na+].[Na+].[Na+]. The maximum Gasteiger partial charge on any atom is 1.00 e. The summed E-state index contributed by atoms with van der Waals surface area (Å²) in [6.45, 7) is 15.9. The number of amides is 4. The predicted octanol–water partition coefficient (Wildman–Crippen LogP) is -13.3. The number of hydrogen-bond donors (Lipinski definition) is 4. The van der Waals surface area contributed by atoms with Gasteiger partial charge in [-0.15, -0.1) is 0 Å². The van der Waals surface area contributed by atoms with E-state index in [2.05, 4.69) is 47.6 Å². The molecule has 4 aromatic carbocycles. The Kier molecular flexibility index (Phi) is 39.5. The van der Waals surface area contributed by atoms with Crippen molar-refractivity contribution in [2.75, 3.05) is 22.1 Å². The van der Waals surface area contributed by atoms with Gasteiger partial charge in [0.25, 0.3) is 0 Å². The topological polar surface area (TPSA) is 402 Å². The molecule has 4 aromatic rings. The first-order valence-electron chi connectivity index (χ1n) is 18.3. The molecule has 0 heterocycles. The van der Waals surface area contributed by atoms with Crippen molar-refractivity contribution in [1.29, 1.82) is 0 Å². The van der Waals surface area contributed by atoms with Crippen LogP contribution in [0.2, 0.25) is 0 Å². The fourth-order valence-corrected chi connectivity index (χ4v) is 8.48. The molecule has 0 spiro atoms. The monoisotopic (exact) mass is 1160 g/mol. The molecule has 0 aliphatic carbocycles. The van der Waals surface area contributed by atoms with Crippen molar-refractivity contribution in [2.24, 2.45) is 0 Å². The van der Waals surface area contributed by atoms with Crippen molar-refractivity contribution < 1.29 is 232 Å². The number of fused-ring (bicyclic) bond motifs is 1. The summed E-state index contributed by atoms with van der Waals surface area (Å²) in [7, 11) is -23.2. The van der Waals surface area contributed by atoms with Crippen molar-refractivity contribution in [3.05, 3.63) is 141 Å². The minimum atomic E-state index is -5.01. The van der Waals surface area contributed by atoms with Gasteiger partial charge in [-0.2, -0.15) is 0 Å². The Hall–Kier alpha value is -1.47. The van der Waals surface area contributed by atoms with E-state index < -0.39 is 107 Å². The molecule has 0 aliphatic heterocycles. The second kappa shape index (κ2) is 35.8. The number of rotatable bonds is 16. The summed E-state index contributed by atoms with van der Waals surface area (Å²) in [5.41, 5.74) is 0.0952. The van der Waals surface area contributed by atoms with Crippen molar-refractivity contribution >= 4 is 96.4 Å². The van der Waals surface area contributed by atoms with Gasteiger partial charge in [0, 0.05) is 16.9 Å². The third-order valence-electron chi connectivity index (χ3n) is 7.75. The van der Waals surface area contributed by atoms with Crippen molar-refractivity contribution in [2.45, 2.75) is 40.1 Å². The molecule has 33 heteroatoms. The molecule has 0 aromatic heterocycles. The fraction of sp³-hybridized carbons (Fsp3) is 0.150. The van der Waals surface area contributed by atoms with E-state index in [1.165, 1.54) is 44.2 Å². The van der Waals surface area contributed by atoms with E-state index in [9.17, 15) is 84.0 Å². The van der Waals surface area contributed by atoms with Crippen molar-refractivity contribution in [1.82, 2.24) is 10.6 Å². The first-order chi connectivity index (χ1) is 31.0. The molecule has 1 atom stereocenters. The van der Waals surface area contributed by atoms with Gasteiger partial charge in [0.15, 0.2) is 0 Å². The van der Waals surface area contributed by atoms with Gasteiger partial charge in [-0.25, -0.2) is 42.1 Å². The zero-order chi connectivity index (χ0) is 52.5. The molecule has 4 rings (SSSR count). The molecule has 0 bridgehead atoms. The van der Waals surface area contributed by atoms with Gasteiger partial charge in [0.05, 0.1) is 52.5 Å². The number of carbonyl (C=O) groups excluding carboxylic acids is 4. The van der Waals surface area contributed by atoms with E-state index in [1.54, 1.807) is 30.3 Å². The number of anilines is 2. The maximum atomic E-state index is 11.3. The molecular formula is C40H41N4Na5O19S5. The van der Waals surface area contributed by atoms with E-state index in [1.807, 2.05) is 0 Å². The van der Waals surface area contributed by atoms with Crippen LogP contribution >= 0.6 is 0 Å². The minimum Gasteiger partial charge on any atom is -0.748 e.